The van der Waals surface area contributed by atoms with Crippen molar-refractivity contribution in [1.82, 2.24) is 15.6 Å². The highest BCUT2D eigenvalue weighted by Crippen LogP contribution is 2.20. The zero-order chi connectivity index (χ0) is 26.3. The van der Waals surface area contributed by atoms with Gasteiger partial charge in [0.1, 0.15) is 6.61 Å². The Bertz CT molecular complexity index is 1020. The highest BCUT2D eigenvalue weighted by Gasteiger charge is 2.25. The first-order chi connectivity index (χ1) is 17.4. The predicted octanol–water partition coefficient (Wildman–Crippen LogP) is 3.56. The van der Waals surface area contributed by atoms with E-state index >= 15 is 0 Å². The number of ether oxygens (including phenoxy) is 1. The van der Waals surface area contributed by atoms with E-state index in [2.05, 4.69) is 28.8 Å². The average Bonchev–Trinajstić information content (AvgIpc) is 3.27. The summed E-state index contributed by atoms with van der Waals surface area (Å²) in [5.41, 5.74) is 1.98. The van der Waals surface area contributed by atoms with Gasteiger partial charge < -0.3 is 25.5 Å². The monoisotopic (exact) mass is 497 g/mol. The molecule has 1 aromatic heterocycles. The van der Waals surface area contributed by atoms with Gasteiger partial charge in [0.2, 0.25) is 11.8 Å². The molecule has 2 aromatic rings. The van der Waals surface area contributed by atoms with Crippen LogP contribution in [0.2, 0.25) is 0 Å². The van der Waals surface area contributed by atoms with E-state index < -0.39 is 18.0 Å². The third kappa shape index (κ3) is 9.70. The number of benzene rings is 1. The van der Waals surface area contributed by atoms with Crippen LogP contribution in [-0.2, 0) is 25.5 Å². The highest BCUT2D eigenvalue weighted by molar-refractivity contribution is 5.86. The SMILES string of the molecule is C=CCCCCC(=O)OCC(Cc1c[nH]c2ccccc12)NC(=O)C(CC=C)CC(=O)NC(C)CO. The van der Waals surface area contributed by atoms with Gasteiger partial charge in [-0.1, -0.05) is 30.4 Å². The number of aromatic amines is 1. The number of carbonyl (C=O) groups excluding carboxylic acids is 3. The summed E-state index contributed by atoms with van der Waals surface area (Å²) in [7, 11) is 0. The Labute approximate surface area is 213 Å². The number of rotatable bonds is 17. The second kappa shape index (κ2) is 15.6. The topological polar surface area (TPSA) is 121 Å². The maximum atomic E-state index is 13.2. The molecule has 2 rings (SSSR count). The maximum Gasteiger partial charge on any atom is 0.305 e. The minimum absolute atomic E-state index is 0.0279. The molecular formula is C28H39N3O5. The van der Waals surface area contributed by atoms with Crippen LogP contribution < -0.4 is 10.6 Å². The number of fused-ring (bicyclic) bond motifs is 1. The van der Waals surface area contributed by atoms with E-state index in [-0.39, 0.29) is 37.4 Å². The van der Waals surface area contributed by atoms with Gasteiger partial charge in [0.15, 0.2) is 0 Å². The van der Waals surface area contributed by atoms with Crippen LogP contribution in [0.5, 0.6) is 0 Å². The van der Waals surface area contributed by atoms with Crippen molar-refractivity contribution in [2.75, 3.05) is 13.2 Å². The lowest BCUT2D eigenvalue weighted by Crippen LogP contribution is -2.45. The lowest BCUT2D eigenvalue weighted by atomic mass is 9.98. The van der Waals surface area contributed by atoms with Gasteiger partial charge in [-0.25, -0.2) is 0 Å². The maximum absolute atomic E-state index is 13.2. The summed E-state index contributed by atoms with van der Waals surface area (Å²) < 4.78 is 5.52. The minimum Gasteiger partial charge on any atom is -0.463 e. The summed E-state index contributed by atoms with van der Waals surface area (Å²) in [6.45, 7) is 8.92. The quantitative estimate of drug-likeness (QED) is 0.151. The van der Waals surface area contributed by atoms with E-state index in [1.807, 2.05) is 36.5 Å². The first kappa shape index (κ1) is 28.8. The number of nitrogens with one attached hydrogen (secondary N) is 3. The fourth-order valence-corrected chi connectivity index (χ4v) is 3.95. The second-order valence-electron chi connectivity index (χ2n) is 9.06. The van der Waals surface area contributed by atoms with Crippen molar-refractivity contribution >= 4 is 28.7 Å². The van der Waals surface area contributed by atoms with Crippen LogP contribution in [-0.4, -0.2) is 53.2 Å². The Balaban J connectivity index is 2.09. The summed E-state index contributed by atoms with van der Waals surface area (Å²) in [6.07, 6.45) is 8.79. The second-order valence-corrected chi connectivity index (χ2v) is 9.06. The van der Waals surface area contributed by atoms with Gasteiger partial charge in [0.25, 0.3) is 0 Å². The predicted molar refractivity (Wildman–Crippen MR) is 141 cm³/mol. The van der Waals surface area contributed by atoms with Crippen molar-refractivity contribution in [3.63, 3.8) is 0 Å². The minimum atomic E-state index is -0.631. The van der Waals surface area contributed by atoms with E-state index in [1.54, 1.807) is 13.0 Å². The molecule has 1 aromatic carbocycles. The summed E-state index contributed by atoms with van der Waals surface area (Å²) in [5.74, 6) is -1.57. The Hall–Kier alpha value is -3.39. The van der Waals surface area contributed by atoms with Crippen LogP contribution in [0.3, 0.4) is 0 Å². The number of carbonyl (C=O) groups is 3. The number of aliphatic hydroxyl groups excluding tert-OH is 1. The average molecular weight is 498 g/mol. The number of para-hydroxylation sites is 1. The molecule has 4 N–H and O–H groups in total. The Morgan fingerprint density at radius 3 is 2.64 bits per heavy atom. The smallest absolute Gasteiger partial charge is 0.305 e. The number of unbranched alkanes of at least 4 members (excludes halogenated alkanes) is 2. The fourth-order valence-electron chi connectivity index (χ4n) is 3.95. The van der Waals surface area contributed by atoms with E-state index in [0.29, 0.717) is 25.7 Å². The molecule has 0 spiro atoms. The van der Waals surface area contributed by atoms with Gasteiger partial charge in [-0.15, -0.1) is 13.2 Å². The van der Waals surface area contributed by atoms with Crippen molar-refractivity contribution < 1.29 is 24.2 Å². The molecule has 0 saturated heterocycles. The molecule has 196 valence electrons. The van der Waals surface area contributed by atoms with Crippen LogP contribution in [0.4, 0.5) is 0 Å². The molecule has 3 atom stereocenters. The summed E-state index contributed by atoms with van der Waals surface area (Å²) in [5, 5.41) is 15.9. The standard InChI is InChI=1S/C28H39N3O5/c1-4-6-7-8-14-27(34)36-19-23(15-22-17-29-25-13-10-9-12-24(22)25)31-28(35)21(11-5-2)16-26(33)30-20(3)18-32/h4-5,9-10,12-13,17,20-21,23,29,32H,1-2,6-8,11,14-16,18-19H2,3H3,(H,30,33)(H,31,35). The van der Waals surface area contributed by atoms with Crippen LogP contribution in [0.15, 0.2) is 55.8 Å². The normalized spacial score (nSPS) is 13.4. The molecule has 8 heteroatoms. The molecule has 0 aliphatic heterocycles. The lowest BCUT2D eigenvalue weighted by Gasteiger charge is -2.22. The zero-order valence-electron chi connectivity index (χ0n) is 21.1. The highest BCUT2D eigenvalue weighted by atomic mass is 16.5. The van der Waals surface area contributed by atoms with Gasteiger partial charge in [-0.3, -0.25) is 14.4 Å². The first-order valence-electron chi connectivity index (χ1n) is 12.5. The van der Waals surface area contributed by atoms with Gasteiger partial charge >= 0.3 is 5.97 Å². The largest absolute Gasteiger partial charge is 0.463 e. The number of amides is 2. The van der Waals surface area contributed by atoms with Crippen LogP contribution in [0.25, 0.3) is 10.9 Å². The molecule has 0 aliphatic rings. The molecule has 3 unspecified atom stereocenters. The number of esters is 1. The molecule has 0 aliphatic carbocycles. The van der Waals surface area contributed by atoms with Crippen molar-refractivity contribution in [2.24, 2.45) is 5.92 Å². The molecule has 0 bridgehead atoms. The first-order valence-corrected chi connectivity index (χ1v) is 12.5. The number of allylic oxidation sites excluding steroid dienone is 2. The van der Waals surface area contributed by atoms with Crippen molar-refractivity contribution in [3.05, 3.63) is 61.3 Å². The number of H-pyrrole nitrogens is 1. The number of hydrogen-bond donors (Lipinski definition) is 4. The van der Waals surface area contributed by atoms with Crippen LogP contribution in [0.1, 0.15) is 51.0 Å². The molecular weight excluding hydrogens is 458 g/mol. The zero-order valence-corrected chi connectivity index (χ0v) is 21.1. The summed E-state index contributed by atoms with van der Waals surface area (Å²) in [4.78, 5) is 41.0. The molecule has 1 heterocycles. The summed E-state index contributed by atoms with van der Waals surface area (Å²) >= 11 is 0. The van der Waals surface area contributed by atoms with E-state index in [1.165, 1.54) is 0 Å². The molecule has 0 fully saturated rings. The molecule has 0 radical (unpaired) electrons. The Morgan fingerprint density at radius 2 is 1.92 bits per heavy atom. The fraction of sp³-hybridized carbons (Fsp3) is 0.464. The van der Waals surface area contributed by atoms with E-state index in [0.717, 1.165) is 29.3 Å². The number of aromatic nitrogens is 1. The lowest BCUT2D eigenvalue weighted by molar-refractivity contribution is -0.145. The van der Waals surface area contributed by atoms with Crippen LogP contribution >= 0.6 is 0 Å². The number of aliphatic hydroxyl groups is 1. The number of hydrogen-bond acceptors (Lipinski definition) is 5. The van der Waals surface area contributed by atoms with E-state index in [9.17, 15) is 19.5 Å². The Morgan fingerprint density at radius 1 is 1.14 bits per heavy atom. The molecule has 0 saturated carbocycles. The van der Waals surface area contributed by atoms with Gasteiger partial charge in [0.05, 0.1) is 18.6 Å². The van der Waals surface area contributed by atoms with Gasteiger partial charge in [-0.05, 0) is 50.7 Å². The Kier molecular flexibility index (Phi) is 12.5. The molecule has 2 amide bonds. The third-order valence-electron chi connectivity index (χ3n) is 5.91. The van der Waals surface area contributed by atoms with Crippen molar-refractivity contribution in [3.8, 4) is 0 Å². The molecule has 36 heavy (non-hydrogen) atoms. The van der Waals surface area contributed by atoms with E-state index in [4.69, 9.17) is 4.74 Å². The van der Waals surface area contributed by atoms with Gasteiger partial charge in [-0.2, -0.15) is 0 Å². The van der Waals surface area contributed by atoms with Crippen molar-refractivity contribution in [1.29, 1.82) is 0 Å². The third-order valence-corrected chi connectivity index (χ3v) is 5.91. The van der Waals surface area contributed by atoms with Crippen LogP contribution in [0, 0.1) is 5.92 Å². The van der Waals surface area contributed by atoms with Crippen molar-refractivity contribution in [2.45, 2.75) is 64.0 Å². The summed E-state index contributed by atoms with van der Waals surface area (Å²) in [6, 6.07) is 6.99. The molecule has 8 nitrogen and oxygen atoms in total. The van der Waals surface area contributed by atoms with Gasteiger partial charge in [0, 0.05) is 36.0 Å².